The fourth-order valence-electron chi connectivity index (χ4n) is 5.66. The number of aromatic nitrogens is 8. The number of nitrogens with zero attached hydrogens (tertiary/aromatic N) is 9. The highest BCUT2D eigenvalue weighted by molar-refractivity contribution is 6.29. The van der Waals surface area contributed by atoms with Crippen molar-refractivity contribution in [2.75, 3.05) is 0 Å². The van der Waals surface area contributed by atoms with Crippen LogP contribution in [0.5, 0.6) is 0 Å². The van der Waals surface area contributed by atoms with Gasteiger partial charge in [-0.25, -0.2) is 29.3 Å². The van der Waals surface area contributed by atoms with Crippen molar-refractivity contribution in [2.24, 2.45) is 0 Å². The van der Waals surface area contributed by atoms with Gasteiger partial charge in [0.2, 0.25) is 0 Å². The summed E-state index contributed by atoms with van der Waals surface area (Å²) in [4.78, 5) is 18.0. The number of pyridine rings is 4. The van der Waals surface area contributed by atoms with Gasteiger partial charge < -0.3 is 0 Å². The van der Waals surface area contributed by atoms with E-state index < -0.39 is 0 Å². The molecular weight excluding hydrogens is 630 g/mol. The molecule has 8 rings (SSSR count). The Balaban J connectivity index is 0.000000154. The van der Waals surface area contributed by atoms with Crippen molar-refractivity contribution in [1.29, 1.82) is 5.26 Å². The summed E-state index contributed by atoms with van der Waals surface area (Å²) in [5, 5.41) is 20.7. The van der Waals surface area contributed by atoms with Crippen LogP contribution in [0.3, 0.4) is 0 Å². The Hall–Kier alpha value is -6.24. The van der Waals surface area contributed by atoms with Gasteiger partial charge in [-0.1, -0.05) is 48.0 Å². The smallest absolute Gasteiger partial charge is 0.154 e. The second-order valence-electron chi connectivity index (χ2n) is 11.8. The van der Waals surface area contributed by atoms with Gasteiger partial charge in [0.05, 0.1) is 34.8 Å². The Bertz CT molecular complexity index is 2520. The van der Waals surface area contributed by atoms with E-state index in [9.17, 15) is 0 Å². The third-order valence-corrected chi connectivity index (χ3v) is 8.13. The van der Waals surface area contributed by atoms with E-state index in [0.717, 1.165) is 78.5 Å². The Kier molecular flexibility index (Phi) is 8.39. The van der Waals surface area contributed by atoms with Crippen LogP contribution in [-0.2, 0) is 0 Å². The van der Waals surface area contributed by atoms with E-state index in [4.69, 9.17) is 16.9 Å². The highest BCUT2D eigenvalue weighted by atomic mass is 35.5. The second kappa shape index (κ2) is 13.1. The molecule has 0 saturated carbocycles. The number of aryl methyl sites for hydroxylation is 4. The molecule has 0 bridgehead atoms. The normalized spacial score (nSPS) is 10.9. The lowest BCUT2D eigenvalue weighted by atomic mass is 10.1. The average Bonchev–Trinajstić information content (AvgIpc) is 3.72. The maximum atomic E-state index is 9.16. The zero-order valence-corrected chi connectivity index (χ0v) is 28.1. The minimum atomic E-state index is 0.420. The first-order chi connectivity index (χ1) is 23.7. The van der Waals surface area contributed by atoms with E-state index in [1.807, 2.05) is 134 Å². The van der Waals surface area contributed by atoms with Crippen LogP contribution in [0.1, 0.15) is 28.2 Å². The number of fused-ring (bicyclic) bond motifs is 2. The lowest BCUT2D eigenvalue weighted by Gasteiger charge is -2.06. The lowest BCUT2D eigenvalue weighted by Crippen LogP contribution is -2.00. The maximum absolute atomic E-state index is 9.16. The molecule has 0 amide bonds. The number of rotatable bonds is 4. The predicted molar refractivity (Wildman–Crippen MR) is 193 cm³/mol. The Morgan fingerprint density at radius 3 is 1.57 bits per heavy atom. The number of hydrogen-bond donors (Lipinski definition) is 0. The van der Waals surface area contributed by atoms with Crippen LogP contribution in [0.15, 0.2) is 109 Å². The van der Waals surface area contributed by atoms with Crippen LogP contribution < -0.4 is 0 Å². The summed E-state index contributed by atoms with van der Waals surface area (Å²) in [5.74, 6) is 1.58. The molecule has 0 N–H and O–H groups in total. The topological polar surface area (TPSA) is 111 Å². The standard InChI is InChI=1S/C20H15N5.C19H15ClN4/c1-13-8-17(11-21)24-18(9-13)15-6-7-16-12-22-25(19(16)10-15)20-5-3-4-14(2)23-20;1-12-8-16(23-18(20)9-12)14-6-7-15-11-21-24(17(15)10-14)19-5-3-4-13(2)22-19/h3-10,12H,1-2H3;3-11H,1-2H3. The summed E-state index contributed by atoms with van der Waals surface area (Å²) in [6.07, 6.45) is 3.67. The summed E-state index contributed by atoms with van der Waals surface area (Å²) in [6.45, 7) is 7.90. The van der Waals surface area contributed by atoms with Gasteiger partial charge >= 0.3 is 0 Å². The van der Waals surface area contributed by atoms with Crippen LogP contribution in [-0.4, -0.2) is 39.5 Å². The Morgan fingerprint density at radius 1 is 0.571 bits per heavy atom. The van der Waals surface area contributed by atoms with E-state index in [1.54, 1.807) is 6.07 Å². The van der Waals surface area contributed by atoms with Gasteiger partial charge in [-0.05, 0) is 99.5 Å². The summed E-state index contributed by atoms with van der Waals surface area (Å²) >= 11 is 6.10. The predicted octanol–water partition coefficient (Wildman–Crippen LogP) is 8.72. The summed E-state index contributed by atoms with van der Waals surface area (Å²) in [6, 6.07) is 33.7. The molecule has 0 atom stereocenters. The van der Waals surface area contributed by atoms with Gasteiger partial charge in [0.25, 0.3) is 0 Å². The van der Waals surface area contributed by atoms with E-state index >= 15 is 0 Å². The minimum absolute atomic E-state index is 0.420. The number of hydrogen-bond acceptors (Lipinski definition) is 7. The first-order valence-electron chi connectivity index (χ1n) is 15.6. The van der Waals surface area contributed by atoms with Crippen LogP contribution >= 0.6 is 11.6 Å². The lowest BCUT2D eigenvalue weighted by molar-refractivity contribution is 0.867. The van der Waals surface area contributed by atoms with Crippen molar-refractivity contribution < 1.29 is 0 Å². The zero-order valence-electron chi connectivity index (χ0n) is 27.3. The van der Waals surface area contributed by atoms with Gasteiger partial charge in [-0.2, -0.15) is 15.5 Å². The van der Waals surface area contributed by atoms with Crippen LogP contribution in [0.25, 0.3) is 56.0 Å². The fraction of sp³-hybridized carbons (Fsp3) is 0.103. The quantitative estimate of drug-likeness (QED) is 0.174. The van der Waals surface area contributed by atoms with E-state index in [-0.39, 0.29) is 0 Å². The molecule has 0 aliphatic rings. The van der Waals surface area contributed by atoms with Crippen molar-refractivity contribution in [3.8, 4) is 40.2 Å². The molecule has 9 nitrogen and oxygen atoms in total. The third kappa shape index (κ3) is 6.63. The summed E-state index contributed by atoms with van der Waals surface area (Å²) in [5.41, 5.74) is 9.94. The number of benzene rings is 2. The van der Waals surface area contributed by atoms with E-state index in [2.05, 4.69) is 42.3 Å². The molecule has 238 valence electrons. The zero-order chi connectivity index (χ0) is 34.1. The van der Waals surface area contributed by atoms with Crippen molar-refractivity contribution in [3.63, 3.8) is 0 Å². The molecule has 0 radical (unpaired) electrons. The Morgan fingerprint density at radius 2 is 1.08 bits per heavy atom. The van der Waals surface area contributed by atoms with Gasteiger partial charge in [0.1, 0.15) is 16.9 Å². The SMILES string of the molecule is Cc1cc(C#N)nc(-c2ccc3cnn(-c4cccc(C)n4)c3c2)c1.Cc1cc(Cl)nc(-c2ccc3cnn(-c4cccc(C)n4)c3c2)c1. The molecule has 0 saturated heterocycles. The molecule has 10 heteroatoms. The summed E-state index contributed by atoms with van der Waals surface area (Å²) < 4.78 is 3.68. The molecule has 0 aliphatic heterocycles. The largest absolute Gasteiger partial charge is 0.237 e. The molecule has 49 heavy (non-hydrogen) atoms. The minimum Gasteiger partial charge on any atom is -0.237 e. The highest BCUT2D eigenvalue weighted by Gasteiger charge is 2.11. The van der Waals surface area contributed by atoms with Crippen molar-refractivity contribution >= 4 is 33.4 Å². The first kappa shape index (κ1) is 31.4. The van der Waals surface area contributed by atoms with Gasteiger partial charge in [-0.3, -0.25) is 0 Å². The molecule has 0 unspecified atom stereocenters. The molecule has 0 fully saturated rings. The van der Waals surface area contributed by atoms with Crippen molar-refractivity contribution in [1.82, 2.24) is 39.5 Å². The molecule has 0 aliphatic carbocycles. The molecule has 0 spiro atoms. The van der Waals surface area contributed by atoms with Crippen LogP contribution in [0.4, 0.5) is 0 Å². The third-order valence-electron chi connectivity index (χ3n) is 7.94. The average molecular weight is 660 g/mol. The summed E-state index contributed by atoms with van der Waals surface area (Å²) in [7, 11) is 0. The molecule has 8 aromatic rings. The monoisotopic (exact) mass is 659 g/mol. The van der Waals surface area contributed by atoms with Gasteiger partial charge in [0, 0.05) is 33.3 Å². The number of nitriles is 1. The van der Waals surface area contributed by atoms with Gasteiger partial charge in [0.15, 0.2) is 11.6 Å². The second-order valence-corrected chi connectivity index (χ2v) is 12.2. The number of halogens is 1. The fourth-order valence-corrected chi connectivity index (χ4v) is 5.92. The molecular formula is C39H30ClN9. The molecule has 6 heterocycles. The molecule has 6 aromatic heterocycles. The van der Waals surface area contributed by atoms with Crippen LogP contribution in [0.2, 0.25) is 5.15 Å². The highest BCUT2D eigenvalue weighted by Crippen LogP contribution is 2.28. The van der Waals surface area contributed by atoms with Crippen molar-refractivity contribution in [2.45, 2.75) is 27.7 Å². The first-order valence-corrected chi connectivity index (χ1v) is 16.0. The van der Waals surface area contributed by atoms with E-state index in [1.165, 1.54) is 0 Å². The van der Waals surface area contributed by atoms with Crippen LogP contribution in [0, 0.1) is 39.0 Å². The van der Waals surface area contributed by atoms with E-state index in [0.29, 0.717) is 10.8 Å². The Labute approximate surface area is 288 Å². The van der Waals surface area contributed by atoms with Gasteiger partial charge in [-0.15, -0.1) is 0 Å². The maximum Gasteiger partial charge on any atom is 0.154 e. The molecule has 2 aromatic carbocycles. The van der Waals surface area contributed by atoms with Crippen molar-refractivity contribution in [3.05, 3.63) is 143 Å².